The van der Waals surface area contributed by atoms with E-state index < -0.39 is 27.8 Å². The van der Waals surface area contributed by atoms with Crippen LogP contribution in [0.25, 0.3) is 0 Å². The van der Waals surface area contributed by atoms with Gasteiger partial charge in [0, 0.05) is 22.4 Å². The van der Waals surface area contributed by atoms with Crippen molar-refractivity contribution in [1.82, 2.24) is 4.31 Å². The highest BCUT2D eigenvalue weighted by Gasteiger charge is 2.48. The molecule has 1 aliphatic carbocycles. The van der Waals surface area contributed by atoms with E-state index in [-0.39, 0.29) is 33.3 Å². The van der Waals surface area contributed by atoms with E-state index >= 15 is 0 Å². The third-order valence-corrected chi connectivity index (χ3v) is 6.85. The molecule has 0 bridgehead atoms. The molecule has 2 heterocycles. The van der Waals surface area contributed by atoms with E-state index in [0.29, 0.717) is 12.8 Å². The molecule has 10 heteroatoms. The Hall–Kier alpha value is -2.72. The van der Waals surface area contributed by atoms with E-state index in [1.165, 1.54) is 22.9 Å². The standard InChI is InChI=1S/C16H12N2O6S2/c19-14(17-12-7-25-6-11(12)16(21)22)8-1-4-10-13(5-8)26(23,24)18(15(10)20)9-2-3-9/h1,4-7,9H,2-3H2,(H,17,19)(H,21,22). The first-order chi connectivity index (χ1) is 12.3. The molecule has 0 spiro atoms. The topological polar surface area (TPSA) is 121 Å². The van der Waals surface area contributed by atoms with Crippen LogP contribution >= 0.6 is 11.3 Å². The van der Waals surface area contributed by atoms with Gasteiger partial charge in [0.15, 0.2) is 0 Å². The Balaban J connectivity index is 1.67. The van der Waals surface area contributed by atoms with E-state index in [0.717, 1.165) is 21.7 Å². The second-order valence-corrected chi connectivity index (χ2v) is 8.53. The van der Waals surface area contributed by atoms with Gasteiger partial charge in [0.2, 0.25) is 0 Å². The maximum Gasteiger partial charge on any atom is 0.338 e. The van der Waals surface area contributed by atoms with Crippen LogP contribution in [-0.4, -0.2) is 41.7 Å². The van der Waals surface area contributed by atoms with Gasteiger partial charge in [-0.3, -0.25) is 9.59 Å². The molecule has 1 saturated carbocycles. The van der Waals surface area contributed by atoms with Gasteiger partial charge in [0.1, 0.15) is 4.90 Å². The number of amides is 2. The van der Waals surface area contributed by atoms with Gasteiger partial charge < -0.3 is 10.4 Å². The maximum atomic E-state index is 12.6. The zero-order valence-electron chi connectivity index (χ0n) is 13.1. The number of carboxylic acid groups (broad SMARTS) is 1. The number of carbonyl (C=O) groups excluding carboxylic acids is 2. The highest BCUT2D eigenvalue weighted by atomic mass is 32.2. The van der Waals surface area contributed by atoms with Crippen LogP contribution in [0.4, 0.5) is 5.69 Å². The zero-order valence-corrected chi connectivity index (χ0v) is 14.8. The molecule has 1 aromatic heterocycles. The smallest absolute Gasteiger partial charge is 0.338 e. The second kappa shape index (κ2) is 5.64. The fraction of sp³-hybridized carbons (Fsp3) is 0.188. The Kier molecular flexibility index (Phi) is 3.63. The highest BCUT2D eigenvalue weighted by molar-refractivity contribution is 7.90. The third kappa shape index (κ3) is 2.49. The van der Waals surface area contributed by atoms with Crippen molar-refractivity contribution in [2.24, 2.45) is 0 Å². The van der Waals surface area contributed by atoms with Crippen LogP contribution in [0.5, 0.6) is 0 Å². The third-order valence-electron chi connectivity index (χ3n) is 4.23. The SMILES string of the molecule is O=C(Nc1cscc1C(=O)O)c1ccc2c(c1)S(=O)(=O)N(C1CC1)C2=O. The number of hydrogen-bond donors (Lipinski definition) is 2. The Bertz CT molecular complexity index is 1070. The van der Waals surface area contributed by atoms with E-state index in [1.807, 2.05) is 0 Å². The van der Waals surface area contributed by atoms with Crippen molar-refractivity contribution in [1.29, 1.82) is 0 Å². The molecule has 2 aromatic rings. The van der Waals surface area contributed by atoms with Crippen LogP contribution in [0, 0.1) is 0 Å². The van der Waals surface area contributed by atoms with Crippen molar-refractivity contribution >= 4 is 44.8 Å². The number of nitrogens with one attached hydrogen (secondary N) is 1. The lowest BCUT2D eigenvalue weighted by atomic mass is 10.1. The average molecular weight is 392 g/mol. The zero-order chi connectivity index (χ0) is 18.6. The Morgan fingerprint density at radius 3 is 2.62 bits per heavy atom. The van der Waals surface area contributed by atoms with Crippen molar-refractivity contribution in [3.05, 3.63) is 45.6 Å². The summed E-state index contributed by atoms with van der Waals surface area (Å²) in [4.78, 5) is 35.7. The number of carboxylic acids is 1. The fourth-order valence-electron chi connectivity index (χ4n) is 2.81. The molecule has 2 aliphatic rings. The van der Waals surface area contributed by atoms with Gasteiger partial charge in [-0.25, -0.2) is 17.5 Å². The number of hydrogen-bond acceptors (Lipinski definition) is 6. The fourth-order valence-corrected chi connectivity index (χ4v) is 5.41. The van der Waals surface area contributed by atoms with Gasteiger partial charge in [0.05, 0.1) is 16.8 Å². The minimum absolute atomic E-state index is 0.0281. The van der Waals surface area contributed by atoms with E-state index in [2.05, 4.69) is 5.32 Å². The normalized spacial score (nSPS) is 17.8. The molecule has 134 valence electrons. The minimum atomic E-state index is -3.96. The summed E-state index contributed by atoms with van der Waals surface area (Å²) in [6, 6.07) is 3.52. The number of fused-ring (bicyclic) bond motifs is 1. The van der Waals surface area contributed by atoms with Crippen molar-refractivity contribution < 1.29 is 27.9 Å². The lowest BCUT2D eigenvalue weighted by Crippen LogP contribution is -2.31. The van der Waals surface area contributed by atoms with Gasteiger partial charge in [0.25, 0.3) is 21.8 Å². The lowest BCUT2D eigenvalue weighted by molar-refractivity contribution is 0.0698. The Labute approximate surface area is 152 Å². The molecular formula is C16H12N2O6S2. The van der Waals surface area contributed by atoms with Crippen LogP contribution in [0.15, 0.2) is 33.9 Å². The minimum Gasteiger partial charge on any atom is -0.478 e. The number of rotatable bonds is 4. The first-order valence-electron chi connectivity index (χ1n) is 7.64. The number of thiophene rings is 1. The highest BCUT2D eigenvalue weighted by Crippen LogP contribution is 2.39. The molecule has 4 rings (SSSR count). The number of anilines is 1. The predicted molar refractivity (Wildman–Crippen MR) is 92.1 cm³/mol. The average Bonchev–Trinajstić information content (AvgIpc) is 3.25. The largest absolute Gasteiger partial charge is 0.478 e. The maximum absolute atomic E-state index is 12.6. The van der Waals surface area contributed by atoms with Gasteiger partial charge >= 0.3 is 5.97 Å². The van der Waals surface area contributed by atoms with Crippen LogP contribution in [0.2, 0.25) is 0 Å². The van der Waals surface area contributed by atoms with Crippen molar-refractivity contribution in [2.75, 3.05) is 5.32 Å². The molecule has 0 unspecified atom stereocenters. The monoisotopic (exact) mass is 392 g/mol. The summed E-state index contributed by atoms with van der Waals surface area (Å²) < 4.78 is 26.1. The van der Waals surface area contributed by atoms with Crippen LogP contribution in [0.3, 0.4) is 0 Å². The second-order valence-electron chi connectivity index (χ2n) is 6.01. The summed E-state index contributed by atoms with van der Waals surface area (Å²) in [5.74, 6) is -2.40. The predicted octanol–water partition coefficient (Wildman–Crippen LogP) is 2.01. The molecule has 1 aromatic carbocycles. The molecule has 8 nitrogen and oxygen atoms in total. The number of carbonyl (C=O) groups is 3. The molecule has 1 aliphatic heterocycles. The molecule has 0 saturated heterocycles. The summed E-state index contributed by atoms with van der Waals surface area (Å²) in [7, 11) is -3.96. The van der Waals surface area contributed by atoms with Crippen molar-refractivity contribution in [2.45, 2.75) is 23.8 Å². The summed E-state index contributed by atoms with van der Waals surface area (Å²) in [5.41, 5.74) is 0.161. The Morgan fingerprint density at radius 1 is 1.23 bits per heavy atom. The molecule has 26 heavy (non-hydrogen) atoms. The summed E-state index contributed by atoms with van der Waals surface area (Å²) in [5, 5.41) is 14.4. The van der Waals surface area contributed by atoms with Crippen LogP contribution in [-0.2, 0) is 10.0 Å². The molecule has 1 fully saturated rings. The summed E-state index contributed by atoms with van der Waals surface area (Å²) >= 11 is 1.12. The quantitative estimate of drug-likeness (QED) is 0.821. The molecular weight excluding hydrogens is 380 g/mol. The lowest BCUT2D eigenvalue weighted by Gasteiger charge is -2.13. The summed E-state index contributed by atoms with van der Waals surface area (Å²) in [6.07, 6.45) is 1.28. The number of sulfonamides is 1. The first-order valence-corrected chi connectivity index (χ1v) is 10.0. The summed E-state index contributed by atoms with van der Waals surface area (Å²) in [6.45, 7) is 0. The molecule has 2 N–H and O–H groups in total. The number of benzene rings is 1. The van der Waals surface area contributed by atoms with Gasteiger partial charge in [-0.05, 0) is 31.0 Å². The molecule has 0 radical (unpaired) electrons. The Morgan fingerprint density at radius 2 is 1.96 bits per heavy atom. The van der Waals surface area contributed by atoms with Crippen LogP contribution in [0.1, 0.15) is 43.9 Å². The molecule has 2 amide bonds. The number of nitrogens with zero attached hydrogens (tertiary/aromatic N) is 1. The van der Waals surface area contributed by atoms with Crippen LogP contribution < -0.4 is 5.32 Å². The first kappa shape index (κ1) is 16.7. The van der Waals surface area contributed by atoms with Crippen molar-refractivity contribution in [3.8, 4) is 0 Å². The van der Waals surface area contributed by atoms with E-state index in [1.54, 1.807) is 0 Å². The molecule has 0 atom stereocenters. The van der Waals surface area contributed by atoms with Gasteiger partial charge in [-0.15, -0.1) is 11.3 Å². The number of aromatic carboxylic acids is 1. The van der Waals surface area contributed by atoms with Crippen molar-refractivity contribution in [3.63, 3.8) is 0 Å². The van der Waals surface area contributed by atoms with Gasteiger partial charge in [-0.1, -0.05) is 0 Å². The van der Waals surface area contributed by atoms with E-state index in [4.69, 9.17) is 5.11 Å². The van der Waals surface area contributed by atoms with Gasteiger partial charge in [-0.2, -0.15) is 0 Å². The van der Waals surface area contributed by atoms with E-state index in [9.17, 15) is 22.8 Å².